The predicted molar refractivity (Wildman–Crippen MR) is 111 cm³/mol. The number of nitrogens with one attached hydrogen (secondary N) is 1. The molecule has 0 aromatic carbocycles. The zero-order valence-corrected chi connectivity index (χ0v) is 17.0. The highest BCUT2D eigenvalue weighted by atomic mass is 32.1. The van der Waals surface area contributed by atoms with Crippen LogP contribution >= 0.6 is 22.7 Å². The number of aromatic nitrogens is 2. The van der Waals surface area contributed by atoms with E-state index in [-0.39, 0.29) is 18.3 Å². The summed E-state index contributed by atoms with van der Waals surface area (Å²) in [5.41, 5.74) is 9.08. The average molecular weight is 417 g/mol. The van der Waals surface area contributed by atoms with Crippen LogP contribution in [-0.4, -0.2) is 28.5 Å². The Labute approximate surface area is 169 Å². The van der Waals surface area contributed by atoms with Crippen molar-refractivity contribution < 1.29 is 14.3 Å². The Morgan fingerprint density at radius 2 is 2.11 bits per heavy atom. The number of esters is 1. The summed E-state index contributed by atoms with van der Waals surface area (Å²) in [4.78, 5) is 35.2. The van der Waals surface area contributed by atoms with Gasteiger partial charge in [-0.25, -0.2) is 9.97 Å². The molecule has 0 saturated heterocycles. The first-order valence-corrected chi connectivity index (χ1v) is 10.8. The molecular weight excluding hydrogens is 396 g/mol. The molecule has 3 aromatic rings. The normalized spacial score (nSPS) is 13.3. The van der Waals surface area contributed by atoms with E-state index < -0.39 is 0 Å². The van der Waals surface area contributed by atoms with Crippen LogP contribution < -0.4 is 11.1 Å². The number of hydrogen-bond acceptors (Lipinski definition) is 8. The molecule has 0 saturated carbocycles. The molecule has 28 heavy (non-hydrogen) atoms. The molecule has 0 atom stereocenters. The van der Waals surface area contributed by atoms with Crippen molar-refractivity contribution in [2.45, 2.75) is 39.0 Å². The topological polar surface area (TPSA) is 107 Å². The smallest absolute Gasteiger partial charge is 0.311 e. The minimum Gasteiger partial charge on any atom is -0.466 e. The number of fused-ring (bicyclic) bond motifs is 2. The molecule has 3 N–H and O–H groups in total. The van der Waals surface area contributed by atoms with Gasteiger partial charge in [-0.05, 0) is 44.2 Å². The van der Waals surface area contributed by atoms with E-state index in [0.29, 0.717) is 22.3 Å². The van der Waals surface area contributed by atoms with E-state index in [2.05, 4.69) is 16.4 Å². The monoisotopic (exact) mass is 416 g/mol. The molecule has 4 rings (SSSR count). The third-order valence-corrected chi connectivity index (χ3v) is 6.63. The largest absolute Gasteiger partial charge is 0.466 e. The SMILES string of the molecule is CCOC(=O)Cc1cnc(NC(=O)c2sc3nc4c(cc3c2N)CCCC4)s1. The number of carbonyl (C=O) groups excluding carboxylic acids is 2. The number of thiophene rings is 1. The van der Waals surface area contributed by atoms with Gasteiger partial charge < -0.3 is 10.5 Å². The molecule has 0 bridgehead atoms. The summed E-state index contributed by atoms with van der Waals surface area (Å²) in [6, 6.07) is 2.08. The Bertz CT molecular complexity index is 1060. The van der Waals surface area contributed by atoms with Gasteiger partial charge in [0.15, 0.2) is 5.13 Å². The first-order chi connectivity index (χ1) is 13.5. The third kappa shape index (κ3) is 3.72. The van der Waals surface area contributed by atoms with E-state index in [1.165, 1.54) is 28.2 Å². The number of nitrogen functional groups attached to an aromatic ring is 1. The van der Waals surface area contributed by atoms with Crippen molar-refractivity contribution in [3.05, 3.63) is 33.3 Å². The lowest BCUT2D eigenvalue weighted by Crippen LogP contribution is -2.11. The number of nitrogens with zero attached hydrogens (tertiary/aromatic N) is 2. The van der Waals surface area contributed by atoms with Crippen LogP contribution in [0.15, 0.2) is 12.3 Å². The zero-order chi connectivity index (χ0) is 19.7. The molecule has 0 aliphatic heterocycles. The fourth-order valence-electron chi connectivity index (χ4n) is 3.28. The number of anilines is 2. The van der Waals surface area contributed by atoms with Gasteiger partial charge in [0.1, 0.15) is 9.71 Å². The van der Waals surface area contributed by atoms with Gasteiger partial charge in [-0.1, -0.05) is 0 Å². The number of aryl methyl sites for hydroxylation is 2. The van der Waals surface area contributed by atoms with E-state index in [1.54, 1.807) is 13.1 Å². The van der Waals surface area contributed by atoms with Crippen LogP contribution in [0.5, 0.6) is 0 Å². The second-order valence-electron chi connectivity index (χ2n) is 6.57. The number of amides is 1. The lowest BCUT2D eigenvalue weighted by molar-refractivity contribution is -0.142. The molecule has 146 valence electrons. The summed E-state index contributed by atoms with van der Waals surface area (Å²) in [5.74, 6) is -0.622. The van der Waals surface area contributed by atoms with Crippen molar-refractivity contribution in [3.8, 4) is 0 Å². The van der Waals surface area contributed by atoms with E-state index in [0.717, 1.165) is 46.5 Å². The van der Waals surface area contributed by atoms with Crippen molar-refractivity contribution in [3.63, 3.8) is 0 Å². The highest BCUT2D eigenvalue weighted by Gasteiger charge is 2.21. The Morgan fingerprint density at radius 3 is 2.93 bits per heavy atom. The summed E-state index contributed by atoms with van der Waals surface area (Å²) in [6.07, 6.45) is 6.01. The standard InChI is InChI=1S/C19H20N4O3S2/c1-2-26-14(24)8-11-9-21-19(27-11)23-17(25)16-15(20)12-7-10-5-3-4-6-13(10)22-18(12)28-16/h7,9H,2-6,8,20H2,1H3,(H,21,23,25). The van der Waals surface area contributed by atoms with E-state index >= 15 is 0 Å². The van der Waals surface area contributed by atoms with Gasteiger partial charge in [-0.3, -0.25) is 14.9 Å². The molecule has 3 aromatic heterocycles. The molecular formula is C19H20N4O3S2. The Morgan fingerprint density at radius 1 is 1.29 bits per heavy atom. The molecule has 0 fully saturated rings. The zero-order valence-electron chi connectivity index (χ0n) is 15.4. The molecule has 7 nitrogen and oxygen atoms in total. The van der Waals surface area contributed by atoms with Gasteiger partial charge in [0, 0.05) is 22.2 Å². The van der Waals surface area contributed by atoms with Crippen molar-refractivity contribution in [1.82, 2.24) is 9.97 Å². The maximum Gasteiger partial charge on any atom is 0.311 e. The van der Waals surface area contributed by atoms with Crippen molar-refractivity contribution >= 4 is 55.6 Å². The van der Waals surface area contributed by atoms with Gasteiger partial charge in [0.05, 0.1) is 18.7 Å². The summed E-state index contributed by atoms with van der Waals surface area (Å²) in [7, 11) is 0. The van der Waals surface area contributed by atoms with Crippen LogP contribution in [0.3, 0.4) is 0 Å². The third-order valence-electron chi connectivity index (χ3n) is 4.60. The van der Waals surface area contributed by atoms with E-state index in [9.17, 15) is 9.59 Å². The van der Waals surface area contributed by atoms with Gasteiger partial charge in [-0.2, -0.15) is 0 Å². The highest BCUT2D eigenvalue weighted by molar-refractivity contribution is 7.21. The second-order valence-corrected chi connectivity index (χ2v) is 8.68. The number of carbonyl (C=O) groups is 2. The summed E-state index contributed by atoms with van der Waals surface area (Å²) in [6.45, 7) is 2.10. The van der Waals surface area contributed by atoms with Crippen LogP contribution in [0, 0.1) is 0 Å². The number of thiazole rings is 1. The Kier molecular flexibility index (Phi) is 5.27. The number of nitrogens with two attached hydrogens (primary N) is 1. The molecule has 9 heteroatoms. The van der Waals surface area contributed by atoms with Gasteiger partial charge in [0.25, 0.3) is 5.91 Å². The summed E-state index contributed by atoms with van der Waals surface area (Å²) in [5, 5.41) is 4.04. The minimum atomic E-state index is -0.312. The minimum absolute atomic E-state index is 0.141. The predicted octanol–water partition coefficient (Wildman–Crippen LogP) is 3.57. The van der Waals surface area contributed by atoms with E-state index in [1.807, 2.05) is 0 Å². The summed E-state index contributed by atoms with van der Waals surface area (Å²) < 4.78 is 4.93. The first kappa shape index (κ1) is 18.8. The summed E-state index contributed by atoms with van der Waals surface area (Å²) >= 11 is 2.55. The van der Waals surface area contributed by atoms with Gasteiger partial charge in [-0.15, -0.1) is 22.7 Å². The van der Waals surface area contributed by atoms with Crippen LogP contribution in [0.25, 0.3) is 10.2 Å². The van der Waals surface area contributed by atoms with Crippen LogP contribution in [0.1, 0.15) is 45.6 Å². The molecule has 1 aliphatic rings. The molecule has 1 aliphatic carbocycles. The van der Waals surface area contributed by atoms with Crippen LogP contribution in [0.2, 0.25) is 0 Å². The lowest BCUT2D eigenvalue weighted by Gasteiger charge is -2.14. The number of rotatable bonds is 5. The fourth-order valence-corrected chi connectivity index (χ4v) is 5.07. The molecule has 3 heterocycles. The number of hydrogen-bond donors (Lipinski definition) is 2. The maximum atomic E-state index is 12.7. The first-order valence-electron chi connectivity index (χ1n) is 9.17. The fraction of sp³-hybridized carbons (Fsp3) is 0.368. The van der Waals surface area contributed by atoms with Crippen LogP contribution in [-0.2, 0) is 28.8 Å². The number of ether oxygens (including phenoxy) is 1. The van der Waals surface area contributed by atoms with Crippen molar-refractivity contribution in [2.24, 2.45) is 0 Å². The van der Waals surface area contributed by atoms with Crippen LogP contribution in [0.4, 0.5) is 10.8 Å². The average Bonchev–Trinajstić information content (AvgIpc) is 3.24. The lowest BCUT2D eigenvalue weighted by atomic mass is 9.95. The molecule has 0 unspecified atom stereocenters. The molecule has 0 spiro atoms. The maximum absolute atomic E-state index is 12.7. The molecule has 1 amide bonds. The second kappa shape index (κ2) is 7.84. The van der Waals surface area contributed by atoms with E-state index in [4.69, 9.17) is 15.5 Å². The number of pyridine rings is 1. The van der Waals surface area contributed by atoms with Crippen molar-refractivity contribution in [2.75, 3.05) is 17.7 Å². The quantitative estimate of drug-likeness (QED) is 0.616. The van der Waals surface area contributed by atoms with Gasteiger partial charge in [0.2, 0.25) is 0 Å². The Hall–Kier alpha value is -2.52. The highest BCUT2D eigenvalue weighted by Crippen LogP contribution is 2.36. The van der Waals surface area contributed by atoms with Crippen molar-refractivity contribution in [1.29, 1.82) is 0 Å². The molecule has 0 radical (unpaired) electrons. The van der Waals surface area contributed by atoms with Gasteiger partial charge >= 0.3 is 5.97 Å². The Balaban J connectivity index is 1.53.